The van der Waals surface area contributed by atoms with E-state index in [1.54, 1.807) is 6.26 Å². The highest BCUT2D eigenvalue weighted by Gasteiger charge is 2.20. The molecule has 13 heavy (non-hydrogen) atoms. The zero-order valence-corrected chi connectivity index (χ0v) is 8.72. The van der Waals surface area contributed by atoms with E-state index in [1.165, 1.54) is 0 Å². The van der Waals surface area contributed by atoms with Gasteiger partial charge in [0.1, 0.15) is 0 Å². The first kappa shape index (κ1) is 10.3. The Morgan fingerprint density at radius 3 is 2.69 bits per heavy atom. The summed E-state index contributed by atoms with van der Waals surface area (Å²) < 4.78 is 5.13. The van der Waals surface area contributed by atoms with E-state index in [9.17, 15) is 4.79 Å². The van der Waals surface area contributed by atoms with Crippen LogP contribution in [-0.4, -0.2) is 12.4 Å². The molecule has 1 heterocycles. The van der Waals surface area contributed by atoms with Gasteiger partial charge in [0.25, 0.3) is 0 Å². The molecule has 0 aromatic heterocycles. The molecule has 0 unspecified atom stereocenters. The predicted molar refractivity (Wildman–Crippen MR) is 52.3 cm³/mol. The van der Waals surface area contributed by atoms with Crippen molar-refractivity contribution in [2.75, 3.05) is 6.61 Å². The van der Waals surface area contributed by atoms with E-state index >= 15 is 0 Å². The summed E-state index contributed by atoms with van der Waals surface area (Å²) in [6, 6.07) is 0. The summed E-state index contributed by atoms with van der Waals surface area (Å²) in [4.78, 5) is 11.7. The van der Waals surface area contributed by atoms with E-state index < -0.39 is 0 Å². The first-order valence-electron chi connectivity index (χ1n) is 4.83. The number of hydrogen-bond donors (Lipinski definition) is 0. The minimum Gasteiger partial charge on any atom is -0.501 e. The molecule has 0 aliphatic carbocycles. The van der Waals surface area contributed by atoms with Gasteiger partial charge in [-0.1, -0.05) is 20.8 Å². The minimum atomic E-state index is 0.0787. The van der Waals surface area contributed by atoms with Crippen molar-refractivity contribution in [3.8, 4) is 0 Å². The van der Waals surface area contributed by atoms with Crippen molar-refractivity contribution in [2.45, 2.75) is 40.0 Å². The Balaban J connectivity index is 2.52. The van der Waals surface area contributed by atoms with E-state index in [0.29, 0.717) is 6.42 Å². The van der Waals surface area contributed by atoms with Crippen molar-refractivity contribution in [1.29, 1.82) is 0 Å². The summed E-state index contributed by atoms with van der Waals surface area (Å²) >= 11 is 0. The summed E-state index contributed by atoms with van der Waals surface area (Å²) in [5, 5.41) is 0. The molecule has 0 fully saturated rings. The van der Waals surface area contributed by atoms with Gasteiger partial charge in [0.05, 0.1) is 12.9 Å². The first-order chi connectivity index (χ1) is 5.99. The topological polar surface area (TPSA) is 26.3 Å². The Labute approximate surface area is 80.0 Å². The van der Waals surface area contributed by atoms with Crippen molar-refractivity contribution < 1.29 is 9.53 Å². The molecule has 0 amide bonds. The van der Waals surface area contributed by atoms with Crippen molar-refractivity contribution >= 4 is 5.78 Å². The zero-order valence-electron chi connectivity index (χ0n) is 8.72. The molecular weight excluding hydrogens is 164 g/mol. The Hall–Kier alpha value is -0.790. The SMILES string of the molecule is CC(C)(C)CC(=O)C1=COCCC1. The van der Waals surface area contributed by atoms with Gasteiger partial charge in [-0.2, -0.15) is 0 Å². The van der Waals surface area contributed by atoms with E-state index in [-0.39, 0.29) is 11.2 Å². The normalized spacial score (nSPS) is 17.6. The Morgan fingerprint density at radius 1 is 1.54 bits per heavy atom. The van der Waals surface area contributed by atoms with Gasteiger partial charge in [0.15, 0.2) is 5.78 Å². The molecule has 0 spiro atoms. The third-order valence-corrected chi connectivity index (χ3v) is 1.98. The zero-order chi connectivity index (χ0) is 9.90. The van der Waals surface area contributed by atoms with Gasteiger partial charge in [-0.3, -0.25) is 4.79 Å². The molecule has 0 saturated carbocycles. The molecule has 2 nitrogen and oxygen atoms in total. The van der Waals surface area contributed by atoms with E-state index in [1.807, 2.05) is 0 Å². The third-order valence-electron chi connectivity index (χ3n) is 1.98. The van der Waals surface area contributed by atoms with Gasteiger partial charge in [-0.15, -0.1) is 0 Å². The molecule has 1 aliphatic heterocycles. The summed E-state index contributed by atoms with van der Waals surface area (Å²) in [7, 11) is 0. The Bertz CT molecular complexity index is 221. The van der Waals surface area contributed by atoms with Crippen molar-refractivity contribution in [2.24, 2.45) is 5.41 Å². The number of carbonyl (C=O) groups is 1. The second-order valence-electron chi connectivity index (χ2n) is 4.78. The van der Waals surface area contributed by atoms with Crippen LogP contribution in [0.2, 0.25) is 0 Å². The van der Waals surface area contributed by atoms with Crippen LogP contribution in [0.25, 0.3) is 0 Å². The number of allylic oxidation sites excluding steroid dienone is 1. The number of ketones is 1. The fourth-order valence-electron chi connectivity index (χ4n) is 1.36. The van der Waals surface area contributed by atoms with Crippen LogP contribution in [0, 0.1) is 5.41 Å². The van der Waals surface area contributed by atoms with Crippen LogP contribution in [0.3, 0.4) is 0 Å². The highest BCUT2D eigenvalue weighted by molar-refractivity contribution is 5.95. The highest BCUT2D eigenvalue weighted by Crippen LogP contribution is 2.23. The van der Waals surface area contributed by atoms with Gasteiger partial charge in [-0.25, -0.2) is 0 Å². The Kier molecular flexibility index (Phi) is 3.12. The lowest BCUT2D eigenvalue weighted by atomic mass is 9.87. The molecule has 2 heteroatoms. The molecule has 0 bridgehead atoms. The van der Waals surface area contributed by atoms with Crippen LogP contribution in [0.1, 0.15) is 40.0 Å². The third kappa shape index (κ3) is 3.62. The van der Waals surface area contributed by atoms with Crippen LogP contribution >= 0.6 is 0 Å². The molecule has 74 valence electrons. The second kappa shape index (κ2) is 3.95. The smallest absolute Gasteiger partial charge is 0.162 e. The fourth-order valence-corrected chi connectivity index (χ4v) is 1.36. The maximum absolute atomic E-state index is 11.7. The second-order valence-corrected chi connectivity index (χ2v) is 4.78. The summed E-state index contributed by atoms with van der Waals surface area (Å²) in [5.74, 6) is 0.243. The maximum atomic E-state index is 11.7. The summed E-state index contributed by atoms with van der Waals surface area (Å²) in [6.07, 6.45) is 4.11. The average Bonchev–Trinajstić information content (AvgIpc) is 2.03. The predicted octanol–water partition coefficient (Wildman–Crippen LogP) is 2.69. The highest BCUT2D eigenvalue weighted by atomic mass is 16.5. The van der Waals surface area contributed by atoms with Crippen LogP contribution in [0.5, 0.6) is 0 Å². The number of carbonyl (C=O) groups excluding carboxylic acids is 1. The van der Waals surface area contributed by atoms with Crippen LogP contribution in [0.15, 0.2) is 11.8 Å². The van der Waals surface area contributed by atoms with Gasteiger partial charge in [0, 0.05) is 12.0 Å². The lowest BCUT2D eigenvalue weighted by Gasteiger charge is -2.19. The van der Waals surface area contributed by atoms with Gasteiger partial charge < -0.3 is 4.74 Å². The largest absolute Gasteiger partial charge is 0.501 e. The molecule has 0 aromatic rings. The molecular formula is C11H18O2. The van der Waals surface area contributed by atoms with E-state index in [4.69, 9.17) is 4.74 Å². The van der Waals surface area contributed by atoms with Gasteiger partial charge >= 0.3 is 0 Å². The lowest BCUT2D eigenvalue weighted by molar-refractivity contribution is -0.117. The van der Waals surface area contributed by atoms with Crippen molar-refractivity contribution in [3.05, 3.63) is 11.8 Å². The Morgan fingerprint density at radius 2 is 2.23 bits per heavy atom. The average molecular weight is 182 g/mol. The van der Waals surface area contributed by atoms with Crippen LogP contribution in [-0.2, 0) is 9.53 Å². The van der Waals surface area contributed by atoms with Crippen LogP contribution in [0.4, 0.5) is 0 Å². The molecule has 1 rings (SSSR count). The summed E-state index contributed by atoms with van der Waals surface area (Å²) in [6.45, 7) is 6.99. The van der Waals surface area contributed by atoms with Crippen LogP contribution < -0.4 is 0 Å². The van der Waals surface area contributed by atoms with Crippen molar-refractivity contribution in [1.82, 2.24) is 0 Å². The minimum absolute atomic E-state index is 0.0787. The molecule has 1 aliphatic rings. The molecule has 0 aromatic carbocycles. The number of ether oxygens (including phenoxy) is 1. The quantitative estimate of drug-likeness (QED) is 0.656. The standard InChI is InChI=1S/C11H18O2/c1-11(2,3)7-10(12)9-5-4-6-13-8-9/h8H,4-7H2,1-3H3. The number of hydrogen-bond acceptors (Lipinski definition) is 2. The molecule has 0 saturated heterocycles. The first-order valence-corrected chi connectivity index (χ1v) is 4.83. The van der Waals surface area contributed by atoms with Gasteiger partial charge in [-0.05, 0) is 18.3 Å². The molecule has 0 N–H and O–H groups in total. The molecule has 0 atom stereocenters. The number of Topliss-reactive ketones (excluding diaryl/α,β-unsaturated/α-hetero) is 1. The summed E-state index contributed by atoms with van der Waals surface area (Å²) in [5.41, 5.74) is 0.941. The molecule has 0 radical (unpaired) electrons. The maximum Gasteiger partial charge on any atom is 0.162 e. The van der Waals surface area contributed by atoms with Gasteiger partial charge in [0.2, 0.25) is 0 Å². The number of rotatable bonds is 2. The fraction of sp³-hybridized carbons (Fsp3) is 0.727. The van der Waals surface area contributed by atoms with E-state index in [2.05, 4.69) is 20.8 Å². The monoisotopic (exact) mass is 182 g/mol. The van der Waals surface area contributed by atoms with E-state index in [0.717, 1.165) is 25.0 Å². The lowest BCUT2D eigenvalue weighted by Crippen LogP contribution is -2.16. The van der Waals surface area contributed by atoms with Crippen molar-refractivity contribution in [3.63, 3.8) is 0 Å².